The predicted octanol–water partition coefficient (Wildman–Crippen LogP) is 2.11. The van der Waals surface area contributed by atoms with Crippen LogP contribution in [0.1, 0.15) is 17.5 Å². The van der Waals surface area contributed by atoms with Gasteiger partial charge in [0.05, 0.1) is 12.3 Å². The molecular formula is C11H11N3O2S. The molecule has 0 bridgehead atoms. The fourth-order valence-corrected chi connectivity index (χ4v) is 1.61. The molecule has 1 N–H and O–H groups in total. The summed E-state index contributed by atoms with van der Waals surface area (Å²) in [5.74, 6) is -0.394. The third-order valence-corrected chi connectivity index (χ3v) is 2.37. The zero-order valence-electron chi connectivity index (χ0n) is 9.21. The van der Waals surface area contributed by atoms with E-state index in [2.05, 4.69) is 10.1 Å². The van der Waals surface area contributed by atoms with Crippen molar-refractivity contribution in [3.63, 3.8) is 0 Å². The van der Waals surface area contributed by atoms with Crippen molar-refractivity contribution >= 4 is 18.2 Å². The number of aromatic amines is 1. The first-order valence-electron chi connectivity index (χ1n) is 5.14. The maximum atomic E-state index is 11.5. The van der Waals surface area contributed by atoms with Crippen LogP contribution in [0.25, 0.3) is 5.69 Å². The van der Waals surface area contributed by atoms with E-state index in [1.807, 2.05) is 30.3 Å². The van der Waals surface area contributed by atoms with Crippen molar-refractivity contribution < 1.29 is 9.53 Å². The number of para-hydroxylation sites is 1. The predicted molar refractivity (Wildman–Crippen MR) is 64.7 cm³/mol. The molecule has 0 aliphatic carbocycles. The molecule has 0 spiro atoms. The summed E-state index contributed by atoms with van der Waals surface area (Å²) in [7, 11) is 0. The Morgan fingerprint density at radius 1 is 1.47 bits per heavy atom. The number of nitrogens with one attached hydrogen (secondary N) is 1. The molecule has 0 saturated heterocycles. The van der Waals surface area contributed by atoms with E-state index in [9.17, 15) is 4.79 Å². The third-order valence-electron chi connectivity index (χ3n) is 2.10. The van der Waals surface area contributed by atoms with E-state index in [0.29, 0.717) is 11.4 Å². The highest BCUT2D eigenvalue weighted by Crippen LogP contribution is 2.07. The lowest BCUT2D eigenvalue weighted by molar-refractivity contribution is 0.0512. The van der Waals surface area contributed by atoms with Gasteiger partial charge in [0.1, 0.15) is 0 Å². The van der Waals surface area contributed by atoms with Crippen molar-refractivity contribution in [3.8, 4) is 5.69 Å². The van der Waals surface area contributed by atoms with Crippen LogP contribution in [-0.2, 0) is 4.74 Å². The molecule has 0 amide bonds. The molecule has 0 aliphatic heterocycles. The van der Waals surface area contributed by atoms with Crippen LogP contribution in [0.2, 0.25) is 0 Å². The van der Waals surface area contributed by atoms with Gasteiger partial charge in [-0.05, 0) is 31.3 Å². The van der Waals surface area contributed by atoms with Gasteiger partial charge in [0.25, 0.3) is 0 Å². The number of esters is 1. The van der Waals surface area contributed by atoms with Crippen molar-refractivity contribution in [2.24, 2.45) is 0 Å². The monoisotopic (exact) mass is 249 g/mol. The second-order valence-corrected chi connectivity index (χ2v) is 3.61. The van der Waals surface area contributed by atoms with Gasteiger partial charge in [-0.2, -0.15) is 4.98 Å². The first-order valence-corrected chi connectivity index (χ1v) is 5.55. The Balaban J connectivity index is 2.38. The van der Waals surface area contributed by atoms with E-state index in [0.717, 1.165) is 5.69 Å². The Morgan fingerprint density at radius 2 is 2.18 bits per heavy atom. The number of nitrogens with zero attached hydrogens (tertiary/aromatic N) is 2. The van der Waals surface area contributed by atoms with E-state index in [-0.39, 0.29) is 5.82 Å². The number of hydrogen-bond acceptors (Lipinski definition) is 4. The Hall–Kier alpha value is -1.95. The molecule has 1 aromatic heterocycles. The lowest BCUT2D eigenvalue weighted by Gasteiger charge is -2.00. The largest absolute Gasteiger partial charge is 0.460 e. The van der Waals surface area contributed by atoms with E-state index >= 15 is 0 Å². The minimum atomic E-state index is -0.506. The standard InChI is InChI=1S/C11H11N3O2S/c1-2-16-10(15)9-12-11(17)14(13-9)8-6-4-3-5-7-8/h3-7H,2H2,1H3,(H,12,13,17). The first kappa shape index (κ1) is 11.5. The number of carbonyl (C=O) groups excluding carboxylic acids is 1. The minimum Gasteiger partial charge on any atom is -0.460 e. The normalized spacial score (nSPS) is 10.2. The highest BCUT2D eigenvalue weighted by atomic mass is 32.1. The van der Waals surface area contributed by atoms with Crippen LogP contribution in [0, 0.1) is 4.77 Å². The summed E-state index contributed by atoms with van der Waals surface area (Å²) >= 11 is 5.07. The maximum absolute atomic E-state index is 11.5. The molecule has 0 saturated carbocycles. The van der Waals surface area contributed by atoms with Crippen LogP contribution < -0.4 is 0 Å². The van der Waals surface area contributed by atoms with Crippen LogP contribution in [-0.4, -0.2) is 27.3 Å². The third kappa shape index (κ3) is 2.42. The SMILES string of the molecule is CCOC(=O)c1nc(=S)n(-c2ccccc2)[nH]1. The molecule has 0 atom stereocenters. The molecule has 5 nitrogen and oxygen atoms in total. The van der Waals surface area contributed by atoms with E-state index in [1.54, 1.807) is 11.6 Å². The summed E-state index contributed by atoms with van der Waals surface area (Å²) in [6.45, 7) is 2.04. The molecule has 0 aliphatic rings. The van der Waals surface area contributed by atoms with Gasteiger partial charge in [-0.1, -0.05) is 18.2 Å². The number of H-pyrrole nitrogens is 1. The molecule has 2 aromatic rings. The van der Waals surface area contributed by atoms with Crippen molar-refractivity contribution in [1.29, 1.82) is 0 Å². The Labute approximate surface area is 103 Å². The summed E-state index contributed by atoms with van der Waals surface area (Å²) in [4.78, 5) is 15.4. The second-order valence-electron chi connectivity index (χ2n) is 3.25. The van der Waals surface area contributed by atoms with Gasteiger partial charge in [0.2, 0.25) is 10.6 Å². The number of carbonyl (C=O) groups is 1. The van der Waals surface area contributed by atoms with Gasteiger partial charge in [-0.25, -0.2) is 9.48 Å². The molecule has 1 aromatic carbocycles. The zero-order chi connectivity index (χ0) is 12.3. The van der Waals surface area contributed by atoms with Gasteiger partial charge in [-0.15, -0.1) is 0 Å². The van der Waals surface area contributed by atoms with E-state index < -0.39 is 5.97 Å². The summed E-state index contributed by atoms with van der Waals surface area (Å²) < 4.78 is 6.69. The molecule has 0 radical (unpaired) electrons. The maximum Gasteiger partial charge on any atom is 0.375 e. The van der Waals surface area contributed by atoms with Crippen LogP contribution >= 0.6 is 12.2 Å². The van der Waals surface area contributed by atoms with E-state index in [1.165, 1.54) is 0 Å². The smallest absolute Gasteiger partial charge is 0.375 e. The number of benzene rings is 1. The lowest BCUT2D eigenvalue weighted by atomic mass is 10.3. The molecule has 0 unspecified atom stereocenters. The zero-order valence-corrected chi connectivity index (χ0v) is 10.0. The molecule has 1 heterocycles. The Bertz CT molecular complexity index is 574. The van der Waals surface area contributed by atoms with Gasteiger partial charge >= 0.3 is 5.97 Å². The second kappa shape index (κ2) is 4.92. The average molecular weight is 249 g/mol. The number of rotatable bonds is 3. The van der Waals surface area contributed by atoms with Crippen molar-refractivity contribution in [2.75, 3.05) is 6.61 Å². The van der Waals surface area contributed by atoms with Gasteiger partial charge in [0, 0.05) is 0 Å². The number of ether oxygens (including phenoxy) is 1. The molecule has 2 rings (SSSR count). The molecule has 6 heteroatoms. The molecule has 88 valence electrons. The van der Waals surface area contributed by atoms with Crippen molar-refractivity contribution in [1.82, 2.24) is 14.8 Å². The first-order chi connectivity index (χ1) is 8.22. The summed E-state index contributed by atoms with van der Waals surface area (Å²) in [5, 5.41) is 2.81. The molecule has 17 heavy (non-hydrogen) atoms. The Morgan fingerprint density at radius 3 is 2.82 bits per heavy atom. The van der Waals surface area contributed by atoms with Gasteiger partial charge in [0.15, 0.2) is 0 Å². The number of hydrogen-bond donors (Lipinski definition) is 1. The average Bonchev–Trinajstić information content (AvgIpc) is 2.73. The fourth-order valence-electron chi connectivity index (χ4n) is 1.37. The molecule has 0 fully saturated rings. The topological polar surface area (TPSA) is 59.9 Å². The van der Waals surface area contributed by atoms with E-state index in [4.69, 9.17) is 17.0 Å². The summed E-state index contributed by atoms with van der Waals surface area (Å²) in [6, 6.07) is 9.38. The number of aromatic nitrogens is 3. The van der Waals surface area contributed by atoms with Crippen molar-refractivity contribution in [3.05, 3.63) is 40.9 Å². The highest BCUT2D eigenvalue weighted by molar-refractivity contribution is 7.71. The summed E-state index contributed by atoms with van der Waals surface area (Å²) in [6.07, 6.45) is 0. The molecular weight excluding hydrogens is 238 g/mol. The van der Waals surface area contributed by atoms with Crippen LogP contribution in [0.4, 0.5) is 0 Å². The van der Waals surface area contributed by atoms with Crippen LogP contribution in [0.3, 0.4) is 0 Å². The Kier molecular flexibility index (Phi) is 3.34. The van der Waals surface area contributed by atoms with Gasteiger partial charge in [-0.3, -0.25) is 5.10 Å². The van der Waals surface area contributed by atoms with Crippen LogP contribution in [0.5, 0.6) is 0 Å². The van der Waals surface area contributed by atoms with Crippen LogP contribution in [0.15, 0.2) is 30.3 Å². The lowest BCUT2D eigenvalue weighted by Crippen LogP contribution is -2.07. The van der Waals surface area contributed by atoms with Gasteiger partial charge < -0.3 is 4.74 Å². The van der Waals surface area contributed by atoms with Crippen molar-refractivity contribution in [2.45, 2.75) is 6.92 Å². The summed E-state index contributed by atoms with van der Waals surface area (Å²) in [5.41, 5.74) is 0.820. The quantitative estimate of drug-likeness (QED) is 0.668. The minimum absolute atomic E-state index is 0.112. The fraction of sp³-hybridized carbons (Fsp3) is 0.182. The highest BCUT2D eigenvalue weighted by Gasteiger charge is 2.12.